The Morgan fingerprint density at radius 1 is 1.32 bits per heavy atom. The van der Waals surface area contributed by atoms with Crippen molar-refractivity contribution in [2.45, 2.75) is 43.3 Å². The third kappa shape index (κ3) is 3.93. The number of benzene rings is 1. The molecule has 2 heterocycles. The number of carbonyl (C=O) groups excluding carboxylic acids is 1. The van der Waals surface area contributed by atoms with Crippen LogP contribution in [-0.4, -0.2) is 68.6 Å². The van der Waals surface area contributed by atoms with E-state index in [1.54, 1.807) is 25.3 Å². The SMILES string of the molecule is COCCN1C(=O)[C@@H](C(C)C)NC12CCN(S(=O)(=O)c1cccc(Cl)c1)CC2. The van der Waals surface area contributed by atoms with E-state index in [4.69, 9.17) is 16.3 Å². The first-order valence-corrected chi connectivity index (χ1v) is 11.4. The van der Waals surface area contributed by atoms with E-state index in [0.717, 1.165) is 0 Å². The van der Waals surface area contributed by atoms with Gasteiger partial charge in [-0.25, -0.2) is 8.42 Å². The molecule has 0 bridgehead atoms. The van der Waals surface area contributed by atoms with Crippen molar-refractivity contribution in [3.05, 3.63) is 29.3 Å². The summed E-state index contributed by atoms with van der Waals surface area (Å²) in [5, 5.41) is 3.91. The van der Waals surface area contributed by atoms with Crippen LogP contribution in [0.1, 0.15) is 26.7 Å². The van der Waals surface area contributed by atoms with E-state index < -0.39 is 15.7 Å². The van der Waals surface area contributed by atoms with Crippen LogP contribution in [0.5, 0.6) is 0 Å². The molecule has 9 heteroatoms. The number of nitrogens with one attached hydrogen (secondary N) is 1. The van der Waals surface area contributed by atoms with Crippen LogP contribution in [0.3, 0.4) is 0 Å². The van der Waals surface area contributed by atoms with E-state index in [9.17, 15) is 13.2 Å². The van der Waals surface area contributed by atoms with Gasteiger partial charge in [0.05, 0.1) is 23.2 Å². The Labute approximate surface area is 172 Å². The van der Waals surface area contributed by atoms with Gasteiger partial charge in [-0.05, 0) is 37.0 Å². The molecule has 156 valence electrons. The van der Waals surface area contributed by atoms with Crippen LogP contribution in [0.4, 0.5) is 0 Å². The number of piperidine rings is 1. The number of halogens is 1. The topological polar surface area (TPSA) is 79.0 Å². The maximum absolute atomic E-state index is 13.0. The minimum absolute atomic E-state index is 0.0678. The van der Waals surface area contributed by atoms with E-state index in [-0.39, 0.29) is 22.8 Å². The number of sulfonamides is 1. The van der Waals surface area contributed by atoms with Crippen LogP contribution >= 0.6 is 11.6 Å². The number of rotatable bonds is 6. The molecule has 1 N–H and O–H groups in total. The van der Waals surface area contributed by atoms with Gasteiger partial charge in [-0.2, -0.15) is 4.31 Å². The number of nitrogens with zero attached hydrogens (tertiary/aromatic N) is 2. The molecular formula is C19H28ClN3O4S. The van der Waals surface area contributed by atoms with Gasteiger partial charge in [0.2, 0.25) is 15.9 Å². The molecule has 1 spiro atoms. The van der Waals surface area contributed by atoms with Crippen molar-refractivity contribution in [3.63, 3.8) is 0 Å². The Kier molecular flexibility index (Phi) is 6.36. The molecule has 0 radical (unpaired) electrons. The third-order valence-electron chi connectivity index (χ3n) is 5.64. The molecule has 28 heavy (non-hydrogen) atoms. The highest BCUT2D eigenvalue weighted by Crippen LogP contribution is 2.35. The number of carbonyl (C=O) groups is 1. The molecule has 2 aliphatic rings. The van der Waals surface area contributed by atoms with Gasteiger partial charge in [-0.3, -0.25) is 10.1 Å². The van der Waals surface area contributed by atoms with Crippen LogP contribution in [-0.2, 0) is 19.6 Å². The summed E-state index contributed by atoms with van der Waals surface area (Å²) >= 11 is 5.97. The van der Waals surface area contributed by atoms with Crippen molar-refractivity contribution in [2.75, 3.05) is 33.4 Å². The summed E-state index contributed by atoms with van der Waals surface area (Å²) in [7, 11) is -2.00. The van der Waals surface area contributed by atoms with Crippen LogP contribution in [0.25, 0.3) is 0 Å². The summed E-state index contributed by atoms with van der Waals surface area (Å²) in [5.41, 5.74) is -0.523. The molecule has 2 aliphatic heterocycles. The number of amides is 1. The van der Waals surface area contributed by atoms with Gasteiger partial charge in [-0.15, -0.1) is 0 Å². The van der Waals surface area contributed by atoms with Crippen LogP contribution in [0.15, 0.2) is 29.2 Å². The van der Waals surface area contributed by atoms with Crippen molar-refractivity contribution in [1.29, 1.82) is 0 Å². The Hall–Kier alpha value is -1.19. The van der Waals surface area contributed by atoms with E-state index in [1.807, 2.05) is 18.7 Å². The van der Waals surface area contributed by atoms with E-state index in [2.05, 4.69) is 5.32 Å². The van der Waals surface area contributed by atoms with Gasteiger partial charge in [0.25, 0.3) is 0 Å². The smallest absolute Gasteiger partial charge is 0.243 e. The first kappa shape index (κ1) is 21.5. The lowest BCUT2D eigenvalue weighted by atomic mass is 9.97. The third-order valence-corrected chi connectivity index (χ3v) is 7.77. The van der Waals surface area contributed by atoms with Crippen LogP contribution < -0.4 is 5.32 Å². The van der Waals surface area contributed by atoms with Gasteiger partial charge in [0, 0.05) is 31.8 Å². The normalized spacial score (nSPS) is 23.1. The largest absolute Gasteiger partial charge is 0.383 e. The lowest BCUT2D eigenvalue weighted by molar-refractivity contribution is -0.134. The molecule has 1 aromatic rings. The molecule has 7 nitrogen and oxygen atoms in total. The zero-order chi connectivity index (χ0) is 20.5. The summed E-state index contributed by atoms with van der Waals surface area (Å²) in [6, 6.07) is 6.06. The number of methoxy groups -OCH3 is 1. The first-order valence-electron chi connectivity index (χ1n) is 9.55. The predicted molar refractivity (Wildman–Crippen MR) is 108 cm³/mol. The Morgan fingerprint density at radius 3 is 2.57 bits per heavy atom. The average molecular weight is 430 g/mol. The van der Waals surface area contributed by atoms with Gasteiger partial charge in [0.1, 0.15) is 0 Å². The second kappa shape index (κ2) is 8.28. The average Bonchev–Trinajstić information content (AvgIpc) is 2.92. The Morgan fingerprint density at radius 2 is 2.00 bits per heavy atom. The maximum Gasteiger partial charge on any atom is 0.243 e. The highest BCUT2D eigenvalue weighted by atomic mass is 35.5. The van der Waals surface area contributed by atoms with E-state index in [1.165, 1.54) is 10.4 Å². The highest BCUT2D eigenvalue weighted by molar-refractivity contribution is 7.89. The molecular weight excluding hydrogens is 402 g/mol. The van der Waals surface area contributed by atoms with Crippen LogP contribution in [0.2, 0.25) is 5.02 Å². The molecule has 1 aromatic carbocycles. The first-order chi connectivity index (χ1) is 13.2. The lowest BCUT2D eigenvalue weighted by Crippen LogP contribution is -2.60. The van der Waals surface area contributed by atoms with Gasteiger partial charge < -0.3 is 9.64 Å². The van der Waals surface area contributed by atoms with Gasteiger partial charge in [-0.1, -0.05) is 31.5 Å². The molecule has 3 rings (SSSR count). The fourth-order valence-electron chi connectivity index (χ4n) is 4.05. The number of ether oxygens (including phenoxy) is 1. The molecule has 1 amide bonds. The molecule has 0 unspecified atom stereocenters. The summed E-state index contributed by atoms with van der Waals surface area (Å²) in [6.07, 6.45) is 1.07. The quantitative estimate of drug-likeness (QED) is 0.747. The van der Waals surface area contributed by atoms with E-state index in [0.29, 0.717) is 44.1 Å². The standard InChI is InChI=1S/C19H28ClN3O4S/c1-14(2)17-18(24)23(11-12-27-3)19(21-17)7-9-22(10-8-19)28(25,26)16-6-4-5-15(20)13-16/h4-6,13-14,17,21H,7-12H2,1-3H3/t17-/m1/s1. The highest BCUT2D eigenvalue weighted by Gasteiger charge is 2.52. The minimum Gasteiger partial charge on any atom is -0.383 e. The van der Waals surface area contributed by atoms with Crippen LogP contribution in [0, 0.1) is 5.92 Å². The van der Waals surface area contributed by atoms with Crippen molar-refractivity contribution in [3.8, 4) is 0 Å². The summed E-state index contributed by atoms with van der Waals surface area (Å²) in [4.78, 5) is 15.0. The zero-order valence-electron chi connectivity index (χ0n) is 16.5. The predicted octanol–water partition coefficient (Wildman–Crippen LogP) is 1.92. The van der Waals surface area contributed by atoms with Crippen molar-refractivity contribution >= 4 is 27.5 Å². The molecule has 0 aromatic heterocycles. The van der Waals surface area contributed by atoms with E-state index >= 15 is 0 Å². The van der Waals surface area contributed by atoms with Crippen molar-refractivity contribution < 1.29 is 17.9 Å². The minimum atomic E-state index is -3.62. The molecule has 1 atom stereocenters. The fraction of sp³-hybridized carbons (Fsp3) is 0.632. The fourth-order valence-corrected chi connectivity index (χ4v) is 5.80. The number of hydrogen-bond donors (Lipinski definition) is 1. The monoisotopic (exact) mass is 429 g/mol. The second-order valence-electron chi connectivity index (χ2n) is 7.74. The lowest BCUT2D eigenvalue weighted by Gasteiger charge is -2.44. The van der Waals surface area contributed by atoms with Gasteiger partial charge in [0.15, 0.2) is 0 Å². The summed E-state index contributed by atoms with van der Waals surface area (Å²) in [5.74, 6) is 0.225. The summed E-state index contributed by atoms with van der Waals surface area (Å²) in [6.45, 7) is 5.65. The molecule has 2 fully saturated rings. The molecule has 0 saturated carbocycles. The Balaban J connectivity index is 1.79. The van der Waals surface area contributed by atoms with Gasteiger partial charge >= 0.3 is 0 Å². The molecule has 2 saturated heterocycles. The summed E-state index contributed by atoms with van der Waals surface area (Å²) < 4.78 is 32.6. The zero-order valence-corrected chi connectivity index (χ0v) is 18.1. The van der Waals surface area contributed by atoms with Crippen molar-refractivity contribution in [1.82, 2.24) is 14.5 Å². The Bertz CT molecular complexity index is 822. The second-order valence-corrected chi connectivity index (χ2v) is 10.1. The van der Waals surface area contributed by atoms with Crippen molar-refractivity contribution in [2.24, 2.45) is 5.92 Å². The number of hydrogen-bond acceptors (Lipinski definition) is 5. The molecule has 0 aliphatic carbocycles. The maximum atomic E-state index is 13.0.